The Morgan fingerprint density at radius 1 is 1.73 bits per heavy atom. The van der Waals surface area contributed by atoms with Crippen LogP contribution in [0.4, 0.5) is 0 Å². The van der Waals surface area contributed by atoms with Crippen LogP contribution in [0.2, 0.25) is 0 Å². The molecular formula is C8H15NOS. The quantitative estimate of drug-likeness (QED) is 0.598. The first kappa shape index (κ1) is 8.78. The third-order valence-corrected chi connectivity index (χ3v) is 4.45. The van der Waals surface area contributed by atoms with E-state index >= 15 is 0 Å². The SMILES string of the molecule is CCC1C(=N)S(C)(=O)=CC1C. The van der Waals surface area contributed by atoms with Crippen molar-refractivity contribution in [2.24, 2.45) is 11.8 Å². The number of nitrogens with one attached hydrogen (secondary N) is 1. The highest BCUT2D eigenvalue weighted by molar-refractivity contribution is 8.14. The molecule has 1 heterocycles. The van der Waals surface area contributed by atoms with Crippen LogP contribution in [0, 0.1) is 17.2 Å². The highest BCUT2D eigenvalue weighted by Crippen LogP contribution is 2.24. The van der Waals surface area contributed by atoms with Gasteiger partial charge in [-0.25, -0.2) is 0 Å². The van der Waals surface area contributed by atoms with Crippen LogP contribution in [-0.2, 0) is 9.52 Å². The van der Waals surface area contributed by atoms with E-state index in [9.17, 15) is 4.21 Å². The number of rotatable bonds is 1. The fourth-order valence-electron chi connectivity index (χ4n) is 1.67. The zero-order valence-corrected chi connectivity index (χ0v) is 8.07. The normalized spacial score (nSPS) is 44.1. The fourth-order valence-corrected chi connectivity index (χ4v) is 3.81. The summed E-state index contributed by atoms with van der Waals surface area (Å²) >= 11 is 0. The molecule has 0 aromatic heterocycles. The summed E-state index contributed by atoms with van der Waals surface area (Å²) in [4.78, 5) is 0. The second-order valence-electron chi connectivity index (χ2n) is 3.28. The van der Waals surface area contributed by atoms with Crippen LogP contribution in [0.5, 0.6) is 0 Å². The van der Waals surface area contributed by atoms with Crippen LogP contribution in [0.3, 0.4) is 0 Å². The molecule has 0 fully saturated rings. The molecule has 64 valence electrons. The van der Waals surface area contributed by atoms with Gasteiger partial charge < -0.3 is 0 Å². The molecule has 0 amide bonds. The molecule has 1 aliphatic heterocycles. The summed E-state index contributed by atoms with van der Waals surface area (Å²) < 4.78 is 11.6. The lowest BCUT2D eigenvalue weighted by Crippen LogP contribution is -2.17. The van der Waals surface area contributed by atoms with Crippen LogP contribution in [0.25, 0.3) is 0 Å². The second-order valence-corrected chi connectivity index (χ2v) is 5.80. The smallest absolute Gasteiger partial charge is 0.0904 e. The van der Waals surface area contributed by atoms with Crippen LogP contribution < -0.4 is 0 Å². The molecule has 0 aliphatic carbocycles. The molecule has 0 aromatic carbocycles. The summed E-state index contributed by atoms with van der Waals surface area (Å²) in [5.74, 6) is 0.553. The van der Waals surface area contributed by atoms with E-state index < -0.39 is 9.52 Å². The molecule has 0 saturated heterocycles. The van der Waals surface area contributed by atoms with Gasteiger partial charge in [-0.15, -0.1) is 0 Å². The fraction of sp³-hybridized carbons (Fsp3) is 0.750. The minimum Gasteiger partial charge on any atom is -0.296 e. The van der Waals surface area contributed by atoms with E-state index in [2.05, 4.69) is 0 Å². The number of hydrogen-bond acceptors (Lipinski definition) is 2. The Morgan fingerprint density at radius 3 is 2.45 bits per heavy atom. The van der Waals surface area contributed by atoms with Crippen molar-refractivity contribution in [3.05, 3.63) is 0 Å². The van der Waals surface area contributed by atoms with Gasteiger partial charge in [0.05, 0.1) is 5.04 Å². The summed E-state index contributed by atoms with van der Waals surface area (Å²) in [5, 5.41) is 9.92. The summed E-state index contributed by atoms with van der Waals surface area (Å²) in [5.41, 5.74) is 0. The summed E-state index contributed by atoms with van der Waals surface area (Å²) in [6.07, 6.45) is 2.60. The van der Waals surface area contributed by atoms with Crippen LogP contribution >= 0.6 is 0 Å². The molecule has 0 spiro atoms. The molecule has 3 heteroatoms. The standard InChI is InChI=1S/C8H15NOS/c1-4-7-6(2)5-11(3,10)8(7)9/h5-7,9H,4H2,1-3H3. The second kappa shape index (κ2) is 2.63. The summed E-state index contributed by atoms with van der Waals surface area (Å²) in [6.45, 7) is 4.09. The van der Waals surface area contributed by atoms with Crippen molar-refractivity contribution < 1.29 is 4.21 Å². The van der Waals surface area contributed by atoms with Crippen molar-refractivity contribution in [2.75, 3.05) is 6.26 Å². The van der Waals surface area contributed by atoms with Crippen molar-refractivity contribution in [2.45, 2.75) is 20.3 Å². The molecular weight excluding hydrogens is 158 g/mol. The predicted molar refractivity (Wildman–Crippen MR) is 50.8 cm³/mol. The van der Waals surface area contributed by atoms with E-state index in [0.29, 0.717) is 11.0 Å². The molecule has 11 heavy (non-hydrogen) atoms. The van der Waals surface area contributed by atoms with Gasteiger partial charge in [-0.3, -0.25) is 9.62 Å². The van der Waals surface area contributed by atoms with Crippen molar-refractivity contribution in [3.8, 4) is 0 Å². The average Bonchev–Trinajstić information content (AvgIpc) is 2.04. The Bertz CT molecular complexity index is 286. The van der Waals surface area contributed by atoms with E-state index in [1.807, 2.05) is 19.2 Å². The van der Waals surface area contributed by atoms with Gasteiger partial charge in [0.2, 0.25) is 0 Å². The van der Waals surface area contributed by atoms with Crippen molar-refractivity contribution in [1.29, 1.82) is 5.41 Å². The lowest BCUT2D eigenvalue weighted by atomic mass is 9.95. The first-order chi connectivity index (χ1) is 4.99. The first-order valence-corrected chi connectivity index (χ1v) is 5.94. The molecule has 0 aromatic rings. The summed E-state index contributed by atoms with van der Waals surface area (Å²) in [7, 11) is -2.03. The summed E-state index contributed by atoms with van der Waals surface area (Å²) in [6, 6.07) is 0. The molecule has 1 aliphatic rings. The lowest BCUT2D eigenvalue weighted by molar-refractivity contribution is 0.575. The van der Waals surface area contributed by atoms with Gasteiger partial charge in [0.1, 0.15) is 0 Å². The molecule has 0 saturated carbocycles. The van der Waals surface area contributed by atoms with Gasteiger partial charge in [0.15, 0.2) is 0 Å². The minimum atomic E-state index is -2.03. The monoisotopic (exact) mass is 173 g/mol. The highest BCUT2D eigenvalue weighted by Gasteiger charge is 2.30. The molecule has 1 N–H and O–H groups in total. The molecule has 3 unspecified atom stereocenters. The van der Waals surface area contributed by atoms with Crippen LogP contribution in [0.15, 0.2) is 0 Å². The maximum atomic E-state index is 11.6. The van der Waals surface area contributed by atoms with Gasteiger partial charge >= 0.3 is 0 Å². The van der Waals surface area contributed by atoms with Crippen molar-refractivity contribution in [3.63, 3.8) is 0 Å². The Hall–Kier alpha value is -0.310. The van der Waals surface area contributed by atoms with Gasteiger partial charge in [-0.1, -0.05) is 13.8 Å². The maximum absolute atomic E-state index is 11.6. The zero-order valence-electron chi connectivity index (χ0n) is 7.26. The van der Waals surface area contributed by atoms with E-state index in [4.69, 9.17) is 5.41 Å². The molecule has 0 bridgehead atoms. The third-order valence-electron chi connectivity index (χ3n) is 2.32. The number of hydrogen-bond donors (Lipinski definition) is 1. The Kier molecular flexibility index (Phi) is 2.10. The maximum Gasteiger partial charge on any atom is 0.0904 e. The van der Waals surface area contributed by atoms with Gasteiger partial charge in [0, 0.05) is 21.7 Å². The van der Waals surface area contributed by atoms with Crippen LogP contribution in [-0.4, -0.2) is 20.9 Å². The Labute approximate surface area is 68.5 Å². The van der Waals surface area contributed by atoms with E-state index in [0.717, 1.165) is 6.42 Å². The van der Waals surface area contributed by atoms with Crippen molar-refractivity contribution >= 4 is 19.9 Å². The van der Waals surface area contributed by atoms with Gasteiger partial charge in [-0.05, 0) is 17.7 Å². The lowest BCUT2D eigenvalue weighted by Gasteiger charge is -2.11. The van der Waals surface area contributed by atoms with E-state index in [1.165, 1.54) is 0 Å². The molecule has 1 rings (SSSR count). The van der Waals surface area contributed by atoms with Gasteiger partial charge in [-0.2, -0.15) is 0 Å². The van der Waals surface area contributed by atoms with E-state index in [1.54, 1.807) is 6.26 Å². The molecule has 0 radical (unpaired) electrons. The Morgan fingerprint density at radius 2 is 2.27 bits per heavy atom. The Balaban J connectivity index is 3.04. The molecule has 2 nitrogen and oxygen atoms in total. The topological polar surface area (TPSA) is 40.9 Å². The predicted octanol–water partition coefficient (Wildman–Crippen LogP) is 1.36. The zero-order chi connectivity index (χ0) is 8.65. The van der Waals surface area contributed by atoms with Gasteiger partial charge in [0.25, 0.3) is 0 Å². The first-order valence-electron chi connectivity index (χ1n) is 3.91. The van der Waals surface area contributed by atoms with Crippen molar-refractivity contribution in [1.82, 2.24) is 0 Å². The highest BCUT2D eigenvalue weighted by atomic mass is 32.2. The molecule has 3 atom stereocenters. The average molecular weight is 173 g/mol. The van der Waals surface area contributed by atoms with Crippen LogP contribution in [0.1, 0.15) is 20.3 Å². The largest absolute Gasteiger partial charge is 0.296 e. The minimum absolute atomic E-state index is 0.229. The third kappa shape index (κ3) is 1.34. The van der Waals surface area contributed by atoms with E-state index in [-0.39, 0.29) is 5.92 Å².